The van der Waals surface area contributed by atoms with Gasteiger partial charge in [-0.1, -0.05) is 0 Å². The predicted octanol–water partition coefficient (Wildman–Crippen LogP) is 0.280. The molecule has 0 aromatic heterocycles. The molecule has 92 valence electrons. The molecule has 0 spiro atoms. The van der Waals surface area contributed by atoms with E-state index in [1.54, 1.807) is 12.0 Å². The SMILES string of the molecule is COC1CCCN(C(=O)NC(C)C(=O)O)C1. The zero-order valence-corrected chi connectivity index (χ0v) is 9.60. The van der Waals surface area contributed by atoms with Gasteiger partial charge in [-0.05, 0) is 19.8 Å². The van der Waals surface area contributed by atoms with Crippen LogP contribution in [0.25, 0.3) is 0 Å². The van der Waals surface area contributed by atoms with Crippen molar-refractivity contribution in [2.45, 2.75) is 31.9 Å². The molecule has 1 aliphatic rings. The number of amides is 2. The van der Waals surface area contributed by atoms with Crippen LogP contribution in [0.2, 0.25) is 0 Å². The van der Waals surface area contributed by atoms with Gasteiger partial charge in [0.2, 0.25) is 0 Å². The fraction of sp³-hybridized carbons (Fsp3) is 0.800. The lowest BCUT2D eigenvalue weighted by atomic mass is 10.1. The molecule has 2 atom stereocenters. The Morgan fingerprint density at radius 1 is 1.56 bits per heavy atom. The zero-order valence-electron chi connectivity index (χ0n) is 9.60. The van der Waals surface area contributed by atoms with E-state index in [0.717, 1.165) is 12.8 Å². The molecule has 0 aromatic carbocycles. The first-order valence-electron chi connectivity index (χ1n) is 5.35. The summed E-state index contributed by atoms with van der Waals surface area (Å²) in [6.07, 6.45) is 1.88. The van der Waals surface area contributed by atoms with Gasteiger partial charge in [0, 0.05) is 20.2 Å². The van der Waals surface area contributed by atoms with Gasteiger partial charge in [0.05, 0.1) is 6.10 Å². The molecule has 2 N–H and O–H groups in total. The minimum absolute atomic E-state index is 0.0552. The molecule has 6 nitrogen and oxygen atoms in total. The van der Waals surface area contributed by atoms with E-state index in [9.17, 15) is 9.59 Å². The lowest BCUT2D eigenvalue weighted by Crippen LogP contribution is -2.51. The maximum atomic E-state index is 11.7. The summed E-state index contributed by atoms with van der Waals surface area (Å²) in [6, 6.07) is -1.20. The van der Waals surface area contributed by atoms with Crippen molar-refractivity contribution in [1.82, 2.24) is 10.2 Å². The summed E-state index contributed by atoms with van der Waals surface area (Å²) in [4.78, 5) is 23.8. The number of carbonyl (C=O) groups is 2. The van der Waals surface area contributed by atoms with Crippen LogP contribution < -0.4 is 5.32 Å². The van der Waals surface area contributed by atoms with Gasteiger partial charge >= 0.3 is 12.0 Å². The molecule has 2 unspecified atom stereocenters. The lowest BCUT2D eigenvalue weighted by molar-refractivity contribution is -0.138. The number of hydrogen-bond acceptors (Lipinski definition) is 3. The van der Waals surface area contributed by atoms with Crippen LogP contribution in [-0.4, -0.2) is 54.4 Å². The molecule has 0 radical (unpaired) electrons. The first-order chi connectivity index (χ1) is 7.54. The van der Waals surface area contributed by atoms with Crippen molar-refractivity contribution in [2.75, 3.05) is 20.2 Å². The van der Waals surface area contributed by atoms with Crippen molar-refractivity contribution in [1.29, 1.82) is 0 Å². The Hall–Kier alpha value is -1.30. The van der Waals surface area contributed by atoms with Gasteiger partial charge in [0.25, 0.3) is 0 Å². The first kappa shape index (κ1) is 12.8. The first-order valence-corrected chi connectivity index (χ1v) is 5.35. The monoisotopic (exact) mass is 230 g/mol. The number of carboxylic acid groups (broad SMARTS) is 1. The van der Waals surface area contributed by atoms with Crippen molar-refractivity contribution in [3.05, 3.63) is 0 Å². The summed E-state index contributed by atoms with van der Waals surface area (Å²) >= 11 is 0. The Kier molecular flexibility index (Phi) is 4.54. The lowest BCUT2D eigenvalue weighted by Gasteiger charge is -2.32. The second-order valence-corrected chi connectivity index (χ2v) is 3.96. The Labute approximate surface area is 94.6 Å². The smallest absolute Gasteiger partial charge is 0.325 e. The molecule has 2 amide bonds. The molecule has 0 aromatic rings. The van der Waals surface area contributed by atoms with Crippen LogP contribution in [0.5, 0.6) is 0 Å². The molecule has 1 rings (SSSR count). The van der Waals surface area contributed by atoms with Gasteiger partial charge in [-0.2, -0.15) is 0 Å². The molecule has 1 heterocycles. The average molecular weight is 230 g/mol. The number of likely N-dealkylation sites (tertiary alicyclic amines) is 1. The second-order valence-electron chi connectivity index (χ2n) is 3.96. The molecule has 0 saturated carbocycles. The van der Waals surface area contributed by atoms with Crippen LogP contribution in [-0.2, 0) is 9.53 Å². The Morgan fingerprint density at radius 2 is 2.25 bits per heavy atom. The van der Waals surface area contributed by atoms with Crippen LogP contribution in [0.3, 0.4) is 0 Å². The molecule has 16 heavy (non-hydrogen) atoms. The summed E-state index contributed by atoms with van der Waals surface area (Å²) < 4.78 is 5.19. The number of urea groups is 1. The normalized spacial score (nSPS) is 22.6. The van der Waals surface area contributed by atoms with Crippen LogP contribution in [0.15, 0.2) is 0 Å². The van der Waals surface area contributed by atoms with Crippen molar-refractivity contribution >= 4 is 12.0 Å². The van der Waals surface area contributed by atoms with E-state index in [4.69, 9.17) is 9.84 Å². The number of hydrogen-bond donors (Lipinski definition) is 2. The van der Waals surface area contributed by atoms with E-state index in [2.05, 4.69) is 5.32 Å². The predicted molar refractivity (Wildman–Crippen MR) is 57.2 cm³/mol. The van der Waals surface area contributed by atoms with Crippen LogP contribution in [0.4, 0.5) is 4.79 Å². The summed E-state index contributed by atoms with van der Waals surface area (Å²) in [7, 11) is 1.62. The molecule has 0 aliphatic carbocycles. The number of ether oxygens (including phenoxy) is 1. The number of aliphatic carboxylic acids is 1. The summed E-state index contributed by atoms with van der Waals surface area (Å²) in [5.41, 5.74) is 0. The van der Waals surface area contributed by atoms with Crippen molar-refractivity contribution in [3.8, 4) is 0 Å². The highest BCUT2D eigenvalue weighted by Gasteiger charge is 2.25. The summed E-state index contributed by atoms with van der Waals surface area (Å²) in [6.45, 7) is 2.62. The number of nitrogens with zero attached hydrogens (tertiary/aromatic N) is 1. The molecule has 6 heteroatoms. The number of nitrogens with one attached hydrogen (secondary N) is 1. The highest BCUT2D eigenvalue weighted by molar-refractivity contribution is 5.82. The minimum Gasteiger partial charge on any atom is -0.480 e. The van der Waals surface area contributed by atoms with Gasteiger partial charge in [-0.25, -0.2) is 4.79 Å². The third-order valence-electron chi connectivity index (χ3n) is 2.71. The number of piperidine rings is 1. The quantitative estimate of drug-likeness (QED) is 0.730. The van der Waals surface area contributed by atoms with Crippen molar-refractivity contribution in [3.63, 3.8) is 0 Å². The van der Waals surface area contributed by atoms with Gasteiger partial charge in [-0.15, -0.1) is 0 Å². The van der Waals surface area contributed by atoms with Crippen LogP contribution in [0, 0.1) is 0 Å². The van der Waals surface area contributed by atoms with E-state index in [1.807, 2.05) is 0 Å². The van der Waals surface area contributed by atoms with E-state index < -0.39 is 12.0 Å². The molecule has 1 saturated heterocycles. The minimum atomic E-state index is -1.03. The fourth-order valence-corrected chi connectivity index (χ4v) is 1.65. The molecule has 1 aliphatic heterocycles. The fourth-order valence-electron chi connectivity index (χ4n) is 1.65. The standard InChI is InChI=1S/C10H18N2O4/c1-7(9(13)14)11-10(15)12-5-3-4-8(6-12)16-2/h7-8H,3-6H2,1-2H3,(H,11,15)(H,13,14). The summed E-state index contributed by atoms with van der Waals surface area (Å²) in [5, 5.41) is 11.1. The zero-order chi connectivity index (χ0) is 12.1. The van der Waals surface area contributed by atoms with Crippen LogP contribution >= 0.6 is 0 Å². The topological polar surface area (TPSA) is 78.9 Å². The Morgan fingerprint density at radius 3 is 2.81 bits per heavy atom. The third kappa shape index (κ3) is 3.37. The summed E-state index contributed by atoms with van der Waals surface area (Å²) in [5.74, 6) is -1.03. The Balaban J connectivity index is 2.44. The molecular formula is C10H18N2O4. The maximum absolute atomic E-state index is 11.7. The molecule has 1 fully saturated rings. The number of carboxylic acids is 1. The third-order valence-corrected chi connectivity index (χ3v) is 2.71. The number of methoxy groups -OCH3 is 1. The number of carbonyl (C=O) groups excluding carboxylic acids is 1. The van der Waals surface area contributed by atoms with Gasteiger partial charge in [0.15, 0.2) is 0 Å². The van der Waals surface area contributed by atoms with Crippen molar-refractivity contribution in [2.24, 2.45) is 0 Å². The number of rotatable bonds is 3. The highest BCUT2D eigenvalue weighted by Crippen LogP contribution is 2.12. The van der Waals surface area contributed by atoms with Gasteiger partial charge in [0.1, 0.15) is 6.04 Å². The van der Waals surface area contributed by atoms with E-state index >= 15 is 0 Å². The van der Waals surface area contributed by atoms with Crippen LogP contribution in [0.1, 0.15) is 19.8 Å². The van der Waals surface area contributed by atoms with Crippen molar-refractivity contribution < 1.29 is 19.4 Å². The van der Waals surface area contributed by atoms with E-state index in [-0.39, 0.29) is 12.1 Å². The van der Waals surface area contributed by atoms with E-state index in [0.29, 0.717) is 13.1 Å². The molecular weight excluding hydrogens is 212 g/mol. The maximum Gasteiger partial charge on any atom is 0.325 e. The Bertz CT molecular complexity index is 270. The highest BCUT2D eigenvalue weighted by atomic mass is 16.5. The van der Waals surface area contributed by atoms with Gasteiger partial charge in [-0.3, -0.25) is 4.79 Å². The average Bonchev–Trinajstić information content (AvgIpc) is 2.28. The van der Waals surface area contributed by atoms with E-state index in [1.165, 1.54) is 6.92 Å². The largest absolute Gasteiger partial charge is 0.480 e. The second kappa shape index (κ2) is 5.69. The van der Waals surface area contributed by atoms with Gasteiger partial charge < -0.3 is 20.1 Å². The molecule has 0 bridgehead atoms.